The number of aromatic nitrogens is 1. The third-order valence-electron chi connectivity index (χ3n) is 2.59. The second-order valence-electron chi connectivity index (χ2n) is 4.08. The molecular formula is C13H9BrN2OS2. The van der Waals surface area contributed by atoms with Gasteiger partial charge in [0.05, 0.1) is 19.6 Å². The molecule has 0 bridgehead atoms. The number of halogens is 1. The fourth-order valence-corrected chi connectivity index (χ4v) is 3.78. The first-order valence-corrected chi connectivity index (χ1v) is 8.03. The average molecular weight is 353 g/mol. The van der Waals surface area contributed by atoms with Crippen LogP contribution in [0.25, 0.3) is 10.2 Å². The van der Waals surface area contributed by atoms with Gasteiger partial charge in [0.1, 0.15) is 0 Å². The van der Waals surface area contributed by atoms with Gasteiger partial charge in [-0.1, -0.05) is 17.4 Å². The van der Waals surface area contributed by atoms with Crippen LogP contribution in [-0.4, -0.2) is 10.9 Å². The minimum atomic E-state index is -0.127. The number of benzene rings is 1. The zero-order valence-electron chi connectivity index (χ0n) is 9.94. The Morgan fingerprint density at radius 2 is 2.21 bits per heavy atom. The van der Waals surface area contributed by atoms with Gasteiger partial charge in [0, 0.05) is 5.38 Å². The molecule has 1 amide bonds. The molecule has 0 radical (unpaired) electrons. The first-order chi connectivity index (χ1) is 9.11. The van der Waals surface area contributed by atoms with E-state index in [2.05, 4.69) is 32.3 Å². The van der Waals surface area contributed by atoms with E-state index in [0.717, 1.165) is 14.0 Å². The summed E-state index contributed by atoms with van der Waals surface area (Å²) in [6.45, 7) is 2.04. The van der Waals surface area contributed by atoms with E-state index in [-0.39, 0.29) is 5.91 Å². The number of thiazole rings is 1. The number of aryl methyl sites for hydroxylation is 1. The van der Waals surface area contributed by atoms with Gasteiger partial charge in [0.2, 0.25) is 0 Å². The summed E-state index contributed by atoms with van der Waals surface area (Å²) in [6, 6.07) is 7.86. The third-order valence-corrected chi connectivity index (χ3v) is 5.03. The van der Waals surface area contributed by atoms with Crippen molar-refractivity contribution in [2.75, 3.05) is 5.32 Å². The van der Waals surface area contributed by atoms with Gasteiger partial charge in [-0.15, -0.1) is 11.3 Å². The molecule has 6 heteroatoms. The van der Waals surface area contributed by atoms with E-state index in [1.807, 2.05) is 24.4 Å². The maximum atomic E-state index is 12.0. The van der Waals surface area contributed by atoms with E-state index in [4.69, 9.17) is 0 Å². The standard InChI is InChI=1S/C13H9BrN2OS2/c1-7-2-3-9-10(4-7)19-13(15-9)16-12(17)8-5-11(14)18-6-8/h2-6H,1H3,(H,15,16,17). The molecule has 0 aliphatic carbocycles. The van der Waals surface area contributed by atoms with E-state index in [1.165, 1.54) is 28.2 Å². The molecule has 0 spiro atoms. The summed E-state index contributed by atoms with van der Waals surface area (Å²) in [5, 5.41) is 5.28. The van der Waals surface area contributed by atoms with Crippen molar-refractivity contribution in [2.24, 2.45) is 0 Å². The lowest BCUT2D eigenvalue weighted by atomic mass is 10.2. The first-order valence-electron chi connectivity index (χ1n) is 5.54. The summed E-state index contributed by atoms with van der Waals surface area (Å²) in [6.07, 6.45) is 0. The molecular weight excluding hydrogens is 344 g/mol. The Hall–Kier alpha value is -1.24. The molecule has 1 aromatic carbocycles. The predicted molar refractivity (Wildman–Crippen MR) is 84.3 cm³/mol. The van der Waals surface area contributed by atoms with Crippen LogP contribution in [0.3, 0.4) is 0 Å². The van der Waals surface area contributed by atoms with Crippen LogP contribution in [0.5, 0.6) is 0 Å². The topological polar surface area (TPSA) is 42.0 Å². The molecule has 19 heavy (non-hydrogen) atoms. The maximum Gasteiger partial charge on any atom is 0.258 e. The lowest BCUT2D eigenvalue weighted by Crippen LogP contribution is -2.10. The summed E-state index contributed by atoms with van der Waals surface area (Å²) >= 11 is 6.33. The lowest BCUT2D eigenvalue weighted by Gasteiger charge is -1.97. The number of nitrogens with one attached hydrogen (secondary N) is 1. The molecule has 0 aliphatic heterocycles. The molecule has 0 unspecified atom stereocenters. The van der Waals surface area contributed by atoms with E-state index < -0.39 is 0 Å². The number of amides is 1. The van der Waals surface area contributed by atoms with Crippen LogP contribution < -0.4 is 5.32 Å². The molecule has 3 rings (SSSR count). The highest BCUT2D eigenvalue weighted by Gasteiger charge is 2.11. The Morgan fingerprint density at radius 3 is 2.95 bits per heavy atom. The van der Waals surface area contributed by atoms with Gasteiger partial charge in [-0.25, -0.2) is 4.98 Å². The van der Waals surface area contributed by atoms with E-state index in [0.29, 0.717) is 10.7 Å². The zero-order chi connectivity index (χ0) is 13.4. The third kappa shape index (κ3) is 2.70. The number of nitrogens with zero attached hydrogens (tertiary/aromatic N) is 1. The lowest BCUT2D eigenvalue weighted by molar-refractivity contribution is 0.102. The number of carbonyl (C=O) groups excluding carboxylic acids is 1. The quantitative estimate of drug-likeness (QED) is 0.727. The highest BCUT2D eigenvalue weighted by atomic mass is 79.9. The Balaban J connectivity index is 1.87. The number of fused-ring (bicyclic) bond motifs is 1. The molecule has 2 heterocycles. The zero-order valence-corrected chi connectivity index (χ0v) is 13.2. The van der Waals surface area contributed by atoms with Gasteiger partial charge in [0.15, 0.2) is 5.13 Å². The summed E-state index contributed by atoms with van der Waals surface area (Å²) in [4.78, 5) is 16.4. The first kappa shape index (κ1) is 12.8. The fourth-order valence-electron chi connectivity index (χ4n) is 1.68. The summed E-state index contributed by atoms with van der Waals surface area (Å²) in [5.74, 6) is -0.127. The molecule has 96 valence electrons. The van der Waals surface area contributed by atoms with Crippen LogP contribution in [0, 0.1) is 6.92 Å². The molecule has 0 fully saturated rings. The molecule has 2 aromatic heterocycles. The normalized spacial score (nSPS) is 10.8. The number of hydrogen-bond acceptors (Lipinski definition) is 4. The van der Waals surface area contributed by atoms with Crippen LogP contribution in [0.4, 0.5) is 5.13 Å². The van der Waals surface area contributed by atoms with Gasteiger partial charge >= 0.3 is 0 Å². The minimum Gasteiger partial charge on any atom is -0.298 e. The van der Waals surface area contributed by atoms with Crippen LogP contribution in [0.15, 0.2) is 33.4 Å². The van der Waals surface area contributed by atoms with Crippen molar-refractivity contribution in [1.82, 2.24) is 4.98 Å². The number of carbonyl (C=O) groups is 1. The fraction of sp³-hybridized carbons (Fsp3) is 0.0769. The minimum absolute atomic E-state index is 0.127. The van der Waals surface area contributed by atoms with Gasteiger partial charge in [-0.3, -0.25) is 10.1 Å². The van der Waals surface area contributed by atoms with Crippen LogP contribution >= 0.6 is 38.6 Å². The van der Waals surface area contributed by atoms with Gasteiger partial charge in [-0.2, -0.15) is 0 Å². The highest BCUT2D eigenvalue weighted by molar-refractivity contribution is 9.11. The van der Waals surface area contributed by atoms with Crippen LogP contribution in [0.1, 0.15) is 15.9 Å². The Labute approximate surface area is 126 Å². The average Bonchev–Trinajstić information content (AvgIpc) is 2.94. The van der Waals surface area contributed by atoms with E-state index in [9.17, 15) is 4.79 Å². The number of anilines is 1. The van der Waals surface area contributed by atoms with Crippen molar-refractivity contribution in [3.05, 3.63) is 44.6 Å². The summed E-state index contributed by atoms with van der Waals surface area (Å²) in [7, 11) is 0. The van der Waals surface area contributed by atoms with E-state index in [1.54, 1.807) is 6.07 Å². The van der Waals surface area contributed by atoms with Gasteiger partial charge in [0.25, 0.3) is 5.91 Å². The molecule has 0 atom stereocenters. The second-order valence-corrected chi connectivity index (χ2v) is 7.40. The van der Waals surface area contributed by atoms with Crippen molar-refractivity contribution in [3.63, 3.8) is 0 Å². The van der Waals surface area contributed by atoms with Crippen molar-refractivity contribution in [3.8, 4) is 0 Å². The molecule has 0 saturated heterocycles. The van der Waals surface area contributed by atoms with Crippen molar-refractivity contribution in [2.45, 2.75) is 6.92 Å². The largest absolute Gasteiger partial charge is 0.298 e. The predicted octanol–water partition coefficient (Wildman–Crippen LogP) is 4.68. The van der Waals surface area contributed by atoms with Crippen LogP contribution in [0.2, 0.25) is 0 Å². The van der Waals surface area contributed by atoms with Crippen molar-refractivity contribution in [1.29, 1.82) is 0 Å². The monoisotopic (exact) mass is 352 g/mol. The molecule has 1 N–H and O–H groups in total. The molecule has 0 saturated carbocycles. The Morgan fingerprint density at radius 1 is 1.37 bits per heavy atom. The smallest absolute Gasteiger partial charge is 0.258 e. The summed E-state index contributed by atoms with van der Waals surface area (Å²) in [5.41, 5.74) is 2.75. The van der Waals surface area contributed by atoms with Gasteiger partial charge < -0.3 is 0 Å². The molecule has 3 nitrogen and oxygen atoms in total. The molecule has 0 aliphatic rings. The second kappa shape index (κ2) is 5.03. The van der Waals surface area contributed by atoms with Crippen molar-refractivity contribution < 1.29 is 4.79 Å². The van der Waals surface area contributed by atoms with Crippen molar-refractivity contribution >= 4 is 59.9 Å². The SMILES string of the molecule is Cc1ccc2nc(NC(=O)c3csc(Br)c3)sc2c1. The Bertz CT molecular complexity index is 763. The van der Waals surface area contributed by atoms with Gasteiger partial charge in [-0.05, 0) is 46.6 Å². The highest BCUT2D eigenvalue weighted by Crippen LogP contribution is 2.27. The Kier molecular flexibility index (Phi) is 3.38. The number of hydrogen-bond donors (Lipinski definition) is 1. The summed E-state index contributed by atoms with van der Waals surface area (Å²) < 4.78 is 2.03. The number of rotatable bonds is 2. The molecule has 3 aromatic rings. The number of thiophene rings is 1. The van der Waals surface area contributed by atoms with E-state index >= 15 is 0 Å². The van der Waals surface area contributed by atoms with Crippen LogP contribution in [-0.2, 0) is 0 Å². The maximum absolute atomic E-state index is 12.0.